The van der Waals surface area contributed by atoms with E-state index in [0.29, 0.717) is 24.2 Å². The molecule has 1 N–H and O–H groups in total. The van der Waals surface area contributed by atoms with Crippen LogP contribution in [-0.4, -0.2) is 22.0 Å². The summed E-state index contributed by atoms with van der Waals surface area (Å²) in [5, 5.41) is 6.92. The molecule has 1 saturated heterocycles. The molecule has 5 nitrogen and oxygen atoms in total. The van der Waals surface area contributed by atoms with Gasteiger partial charge in [0.25, 0.3) is 0 Å². The minimum absolute atomic E-state index is 0.0454. The van der Waals surface area contributed by atoms with Gasteiger partial charge in [0.05, 0.1) is 17.1 Å². The van der Waals surface area contributed by atoms with Crippen LogP contribution in [0, 0.1) is 19.3 Å². The minimum atomic E-state index is -0.0641. The van der Waals surface area contributed by atoms with E-state index in [1.165, 1.54) is 4.90 Å². The highest BCUT2D eigenvalue weighted by Gasteiger charge is 2.46. The molecular formula is C14H19N3O2. The molecule has 2 fully saturated rings. The Kier molecular flexibility index (Phi) is 2.73. The van der Waals surface area contributed by atoms with Crippen molar-refractivity contribution in [3.8, 4) is 0 Å². The van der Waals surface area contributed by atoms with E-state index in [1.54, 1.807) is 0 Å². The van der Waals surface area contributed by atoms with Crippen LogP contribution in [0.25, 0.3) is 0 Å². The van der Waals surface area contributed by atoms with Gasteiger partial charge < -0.3 is 0 Å². The molecule has 5 heteroatoms. The Morgan fingerprint density at radius 3 is 2.16 bits per heavy atom. The van der Waals surface area contributed by atoms with Crippen LogP contribution in [0.1, 0.15) is 49.9 Å². The highest BCUT2D eigenvalue weighted by molar-refractivity contribution is 6.17. The van der Waals surface area contributed by atoms with Crippen molar-refractivity contribution in [3.63, 3.8) is 0 Å². The molecule has 2 amide bonds. The van der Waals surface area contributed by atoms with Gasteiger partial charge in [-0.05, 0) is 32.1 Å². The number of rotatable bonds is 1. The molecule has 1 spiro atoms. The zero-order chi connectivity index (χ0) is 13.6. The third kappa shape index (κ3) is 1.88. The van der Waals surface area contributed by atoms with Gasteiger partial charge in [-0.25, -0.2) is 4.90 Å². The molecule has 0 radical (unpaired) electrons. The number of H-pyrrole nitrogens is 1. The van der Waals surface area contributed by atoms with Crippen LogP contribution in [-0.2, 0) is 9.59 Å². The number of nitrogens with zero attached hydrogens (tertiary/aromatic N) is 2. The van der Waals surface area contributed by atoms with Crippen molar-refractivity contribution in [3.05, 3.63) is 11.4 Å². The van der Waals surface area contributed by atoms with Gasteiger partial charge in [0.1, 0.15) is 0 Å². The molecule has 0 atom stereocenters. The second-order valence-corrected chi connectivity index (χ2v) is 5.97. The lowest BCUT2D eigenvalue weighted by Gasteiger charge is -2.37. The number of anilines is 1. The minimum Gasteiger partial charge on any atom is -0.280 e. The SMILES string of the molecule is Cc1n[nH]c(C)c1N1C(=O)CC2(CCCC2)CC1=O. The second kappa shape index (κ2) is 4.18. The van der Waals surface area contributed by atoms with Gasteiger partial charge in [-0.15, -0.1) is 0 Å². The number of carbonyl (C=O) groups is 2. The Morgan fingerprint density at radius 2 is 1.68 bits per heavy atom. The predicted molar refractivity (Wildman–Crippen MR) is 70.7 cm³/mol. The average molecular weight is 261 g/mol. The highest BCUT2D eigenvalue weighted by Crippen LogP contribution is 2.47. The summed E-state index contributed by atoms with van der Waals surface area (Å²) in [4.78, 5) is 26.2. The number of carbonyl (C=O) groups excluding carboxylic acids is 2. The number of nitrogens with one attached hydrogen (secondary N) is 1. The molecule has 19 heavy (non-hydrogen) atoms. The number of aryl methyl sites for hydroxylation is 2. The maximum atomic E-state index is 12.4. The third-order valence-electron chi connectivity index (χ3n) is 4.53. The quantitative estimate of drug-likeness (QED) is 0.788. The van der Waals surface area contributed by atoms with Crippen LogP contribution >= 0.6 is 0 Å². The van der Waals surface area contributed by atoms with Crippen molar-refractivity contribution < 1.29 is 9.59 Å². The smallest absolute Gasteiger partial charge is 0.234 e. The third-order valence-corrected chi connectivity index (χ3v) is 4.53. The Balaban J connectivity index is 1.93. The van der Waals surface area contributed by atoms with Crippen molar-refractivity contribution in [1.82, 2.24) is 10.2 Å². The molecule has 0 bridgehead atoms. The summed E-state index contributed by atoms with van der Waals surface area (Å²) in [7, 11) is 0. The van der Waals surface area contributed by atoms with E-state index in [1.807, 2.05) is 13.8 Å². The number of piperidine rings is 1. The second-order valence-electron chi connectivity index (χ2n) is 5.97. The van der Waals surface area contributed by atoms with Gasteiger partial charge in [-0.3, -0.25) is 14.7 Å². The summed E-state index contributed by atoms with van der Waals surface area (Å²) in [6.07, 6.45) is 5.32. The molecule has 1 aliphatic carbocycles. The van der Waals surface area contributed by atoms with Crippen LogP contribution < -0.4 is 4.90 Å². The monoisotopic (exact) mass is 261 g/mol. The summed E-state index contributed by atoms with van der Waals surface area (Å²) in [5.41, 5.74) is 2.10. The number of aromatic amines is 1. The fourth-order valence-corrected chi connectivity index (χ4v) is 3.60. The molecule has 3 rings (SSSR count). The standard InChI is InChI=1S/C14H19N3O2/c1-9-13(10(2)16-15-9)17-11(18)7-14(8-12(17)19)5-3-4-6-14/h3-8H2,1-2H3,(H,15,16). The first-order valence-corrected chi connectivity index (χ1v) is 6.90. The van der Waals surface area contributed by atoms with Crippen molar-refractivity contribution in [1.29, 1.82) is 0 Å². The van der Waals surface area contributed by atoms with Gasteiger partial charge in [-0.2, -0.15) is 5.10 Å². The van der Waals surface area contributed by atoms with Crippen LogP contribution in [0.15, 0.2) is 0 Å². The van der Waals surface area contributed by atoms with Gasteiger partial charge in [0.15, 0.2) is 0 Å². The summed E-state index contributed by atoms with van der Waals surface area (Å²) in [6.45, 7) is 3.66. The summed E-state index contributed by atoms with van der Waals surface area (Å²) >= 11 is 0. The zero-order valence-corrected chi connectivity index (χ0v) is 11.5. The topological polar surface area (TPSA) is 66.1 Å². The Morgan fingerprint density at radius 1 is 1.11 bits per heavy atom. The van der Waals surface area contributed by atoms with Crippen LogP contribution in [0.3, 0.4) is 0 Å². The number of amides is 2. The van der Waals surface area contributed by atoms with Crippen molar-refractivity contribution in [2.75, 3.05) is 4.90 Å². The molecule has 102 valence electrons. The van der Waals surface area contributed by atoms with Crippen LogP contribution in [0.2, 0.25) is 0 Å². The first kappa shape index (κ1) is 12.4. The molecule has 1 aromatic rings. The molecular weight excluding hydrogens is 242 g/mol. The lowest BCUT2D eigenvalue weighted by atomic mass is 9.76. The first-order chi connectivity index (χ1) is 9.02. The largest absolute Gasteiger partial charge is 0.280 e. The fourth-order valence-electron chi connectivity index (χ4n) is 3.60. The van der Waals surface area contributed by atoms with Gasteiger partial charge >= 0.3 is 0 Å². The van der Waals surface area contributed by atoms with E-state index < -0.39 is 0 Å². The maximum absolute atomic E-state index is 12.4. The molecule has 2 aliphatic rings. The van der Waals surface area contributed by atoms with E-state index >= 15 is 0 Å². The molecule has 1 aliphatic heterocycles. The highest BCUT2D eigenvalue weighted by atomic mass is 16.2. The maximum Gasteiger partial charge on any atom is 0.234 e. The van der Waals surface area contributed by atoms with E-state index in [9.17, 15) is 9.59 Å². The van der Waals surface area contributed by atoms with Crippen molar-refractivity contribution in [2.24, 2.45) is 5.41 Å². The number of aromatic nitrogens is 2. The van der Waals surface area contributed by atoms with E-state index in [-0.39, 0.29) is 17.2 Å². The van der Waals surface area contributed by atoms with Crippen molar-refractivity contribution in [2.45, 2.75) is 52.4 Å². The fraction of sp³-hybridized carbons (Fsp3) is 0.643. The summed E-state index contributed by atoms with van der Waals surface area (Å²) in [5.74, 6) is -0.128. The number of imide groups is 1. The zero-order valence-electron chi connectivity index (χ0n) is 11.5. The van der Waals surface area contributed by atoms with E-state index in [4.69, 9.17) is 0 Å². The molecule has 0 aromatic carbocycles. The van der Waals surface area contributed by atoms with E-state index in [0.717, 1.165) is 31.4 Å². The van der Waals surface area contributed by atoms with Crippen LogP contribution in [0.4, 0.5) is 5.69 Å². The summed E-state index contributed by atoms with van der Waals surface area (Å²) < 4.78 is 0. The molecule has 1 aromatic heterocycles. The Hall–Kier alpha value is -1.65. The van der Waals surface area contributed by atoms with Gasteiger partial charge in [-0.1, -0.05) is 12.8 Å². The molecule has 2 heterocycles. The Labute approximate surface area is 112 Å². The van der Waals surface area contributed by atoms with Crippen molar-refractivity contribution >= 4 is 17.5 Å². The lowest BCUT2D eigenvalue weighted by molar-refractivity contribution is -0.133. The van der Waals surface area contributed by atoms with Gasteiger partial charge in [0.2, 0.25) is 11.8 Å². The summed E-state index contributed by atoms with van der Waals surface area (Å²) in [6, 6.07) is 0. The lowest BCUT2D eigenvalue weighted by Crippen LogP contribution is -2.47. The van der Waals surface area contributed by atoms with Gasteiger partial charge in [0, 0.05) is 12.8 Å². The average Bonchev–Trinajstić information content (AvgIpc) is 2.90. The normalized spacial score (nSPS) is 22.5. The molecule has 0 unspecified atom stereocenters. The predicted octanol–water partition coefficient (Wildman–Crippen LogP) is 2.24. The van der Waals surface area contributed by atoms with Crippen LogP contribution in [0.5, 0.6) is 0 Å². The number of hydrogen-bond donors (Lipinski definition) is 1. The number of hydrogen-bond acceptors (Lipinski definition) is 3. The van der Waals surface area contributed by atoms with E-state index in [2.05, 4.69) is 10.2 Å². The molecule has 1 saturated carbocycles. The Bertz CT molecular complexity index is 501. The first-order valence-electron chi connectivity index (χ1n) is 6.90.